The summed E-state index contributed by atoms with van der Waals surface area (Å²) in [5, 5.41) is 2.50. The summed E-state index contributed by atoms with van der Waals surface area (Å²) in [5.41, 5.74) is -0.593. The van der Waals surface area contributed by atoms with Crippen molar-refractivity contribution in [2.75, 3.05) is 25.5 Å². The predicted octanol–water partition coefficient (Wildman–Crippen LogP) is 2.71. The van der Waals surface area contributed by atoms with E-state index in [1.165, 1.54) is 38.7 Å². The second-order valence-electron chi connectivity index (χ2n) is 6.72. The molecule has 0 aliphatic carbocycles. The fourth-order valence-corrected chi connectivity index (χ4v) is 3.96. The molecule has 2 N–H and O–H groups in total. The average molecular weight is 492 g/mol. The Labute approximate surface area is 194 Å². The van der Waals surface area contributed by atoms with Crippen LogP contribution in [0.2, 0.25) is 0 Å². The number of carbonyl (C=O) groups is 2. The van der Waals surface area contributed by atoms with E-state index >= 15 is 0 Å². The van der Waals surface area contributed by atoms with Crippen LogP contribution in [0.4, 0.5) is 10.1 Å². The maximum absolute atomic E-state index is 13.9. The van der Waals surface area contributed by atoms with E-state index < -0.39 is 39.2 Å². The van der Waals surface area contributed by atoms with Crippen molar-refractivity contribution in [2.45, 2.75) is 11.4 Å². The van der Waals surface area contributed by atoms with E-state index in [1.54, 1.807) is 12.1 Å². The Balaban J connectivity index is 1.81. The lowest BCUT2D eigenvalue weighted by Gasteiger charge is -2.15. The first-order valence-corrected chi connectivity index (χ1v) is 11.2. The largest absolute Gasteiger partial charge is 0.493 e. The molecule has 1 heterocycles. The minimum Gasteiger partial charge on any atom is -0.493 e. The van der Waals surface area contributed by atoms with Gasteiger partial charge in [-0.3, -0.25) is 9.52 Å². The molecule has 180 valence electrons. The number of rotatable bonds is 10. The number of hydrogen-bond donors (Lipinski definition) is 2. The van der Waals surface area contributed by atoms with Crippen LogP contribution in [0.25, 0.3) is 0 Å². The maximum atomic E-state index is 13.9. The normalized spacial score (nSPS) is 10.9. The molecule has 1 amide bonds. The van der Waals surface area contributed by atoms with Crippen LogP contribution in [0.1, 0.15) is 16.1 Å². The highest BCUT2D eigenvalue weighted by Gasteiger charge is 2.26. The van der Waals surface area contributed by atoms with Crippen molar-refractivity contribution < 1.29 is 41.0 Å². The Hall–Kier alpha value is -4.06. The van der Waals surface area contributed by atoms with Crippen LogP contribution in [-0.4, -0.2) is 41.1 Å². The van der Waals surface area contributed by atoms with Gasteiger partial charge in [0.25, 0.3) is 15.9 Å². The molecule has 12 heteroatoms. The Kier molecular flexibility index (Phi) is 7.74. The van der Waals surface area contributed by atoms with E-state index in [-0.39, 0.29) is 29.3 Å². The minimum absolute atomic E-state index is 0.0897. The molecule has 3 aromatic rings. The fraction of sp³-hybridized carbons (Fsp3) is 0.182. The molecule has 0 aliphatic heterocycles. The molecule has 0 aliphatic rings. The molecule has 0 saturated heterocycles. The molecule has 2 aromatic carbocycles. The maximum Gasteiger partial charge on any atom is 0.342 e. The van der Waals surface area contributed by atoms with Crippen LogP contribution < -0.4 is 19.5 Å². The van der Waals surface area contributed by atoms with Crippen molar-refractivity contribution in [2.24, 2.45) is 0 Å². The zero-order valence-electron chi connectivity index (χ0n) is 18.2. The number of amides is 1. The van der Waals surface area contributed by atoms with Gasteiger partial charge < -0.3 is 23.9 Å². The van der Waals surface area contributed by atoms with Crippen LogP contribution in [0.3, 0.4) is 0 Å². The number of nitrogens with one attached hydrogen (secondary N) is 2. The monoisotopic (exact) mass is 492 g/mol. The standard InChI is InChI=1S/C22H21FN2O8S/c1-30-19-11-15(34(28,29)25-18-8-4-3-7-17(18)23)10-16(21(19)31-2)22(27)33-13-20(26)24-12-14-6-5-9-32-14/h3-11,25H,12-13H2,1-2H3,(H,24,26). The van der Waals surface area contributed by atoms with Gasteiger partial charge in [0.15, 0.2) is 18.1 Å². The second-order valence-corrected chi connectivity index (χ2v) is 8.41. The lowest BCUT2D eigenvalue weighted by atomic mass is 10.2. The number of furan rings is 1. The van der Waals surface area contributed by atoms with Crippen molar-refractivity contribution >= 4 is 27.6 Å². The Bertz CT molecular complexity index is 1280. The van der Waals surface area contributed by atoms with Crippen LogP contribution >= 0.6 is 0 Å². The number of methoxy groups -OCH3 is 2. The lowest BCUT2D eigenvalue weighted by Crippen LogP contribution is -2.28. The highest BCUT2D eigenvalue weighted by atomic mass is 32.2. The summed E-state index contributed by atoms with van der Waals surface area (Å²) in [4.78, 5) is 24.3. The lowest BCUT2D eigenvalue weighted by molar-refractivity contribution is -0.124. The molecule has 0 unspecified atom stereocenters. The van der Waals surface area contributed by atoms with E-state index in [0.29, 0.717) is 5.76 Å². The third-order valence-corrected chi connectivity index (χ3v) is 5.82. The summed E-state index contributed by atoms with van der Waals surface area (Å²) in [6.45, 7) is -0.550. The summed E-state index contributed by atoms with van der Waals surface area (Å²) in [5.74, 6) is -2.12. The molecular formula is C22H21FN2O8S. The van der Waals surface area contributed by atoms with Crippen LogP contribution in [0, 0.1) is 5.82 Å². The van der Waals surface area contributed by atoms with E-state index in [2.05, 4.69) is 10.0 Å². The topological polar surface area (TPSA) is 133 Å². The average Bonchev–Trinajstić information content (AvgIpc) is 3.35. The van der Waals surface area contributed by atoms with Gasteiger partial charge in [-0.1, -0.05) is 12.1 Å². The van der Waals surface area contributed by atoms with Gasteiger partial charge in [-0.2, -0.15) is 0 Å². The van der Waals surface area contributed by atoms with Crippen LogP contribution in [0.15, 0.2) is 64.1 Å². The number of benzene rings is 2. The SMILES string of the molecule is COc1cc(S(=O)(=O)Nc2ccccc2F)cc(C(=O)OCC(=O)NCc2ccco2)c1OC. The van der Waals surface area contributed by atoms with Crippen molar-refractivity contribution in [1.82, 2.24) is 5.32 Å². The molecule has 34 heavy (non-hydrogen) atoms. The number of halogens is 1. The smallest absolute Gasteiger partial charge is 0.342 e. The van der Waals surface area contributed by atoms with Gasteiger partial charge in [0.2, 0.25) is 0 Å². The Morgan fingerprint density at radius 1 is 1.06 bits per heavy atom. The molecule has 0 spiro atoms. The third-order valence-electron chi connectivity index (χ3n) is 4.48. The summed E-state index contributed by atoms with van der Waals surface area (Å²) < 4.78 is 62.2. The highest BCUT2D eigenvalue weighted by Crippen LogP contribution is 2.35. The Morgan fingerprint density at radius 3 is 2.47 bits per heavy atom. The van der Waals surface area contributed by atoms with E-state index in [0.717, 1.165) is 18.2 Å². The quantitative estimate of drug-likeness (QED) is 0.413. The predicted molar refractivity (Wildman–Crippen MR) is 118 cm³/mol. The zero-order valence-corrected chi connectivity index (χ0v) is 19.0. The van der Waals surface area contributed by atoms with Gasteiger partial charge in [0.05, 0.1) is 37.6 Å². The minimum atomic E-state index is -4.34. The molecule has 3 rings (SSSR count). The molecule has 0 radical (unpaired) electrons. The van der Waals surface area contributed by atoms with Gasteiger partial charge in [0.1, 0.15) is 17.1 Å². The fourth-order valence-electron chi connectivity index (χ4n) is 2.85. The number of sulfonamides is 1. The molecule has 0 saturated carbocycles. The van der Waals surface area contributed by atoms with Crippen LogP contribution in [-0.2, 0) is 26.1 Å². The molecule has 0 atom stereocenters. The van der Waals surface area contributed by atoms with Gasteiger partial charge in [-0.05, 0) is 30.3 Å². The van der Waals surface area contributed by atoms with Crippen LogP contribution in [0.5, 0.6) is 11.5 Å². The number of para-hydroxylation sites is 1. The summed E-state index contributed by atoms with van der Waals surface area (Å²) in [6, 6.07) is 10.6. The first-order valence-electron chi connectivity index (χ1n) is 9.74. The first kappa shape index (κ1) is 24.6. The molecule has 0 bridgehead atoms. The zero-order chi connectivity index (χ0) is 24.7. The number of anilines is 1. The molecule has 1 aromatic heterocycles. The number of esters is 1. The second kappa shape index (κ2) is 10.7. The van der Waals surface area contributed by atoms with E-state index in [1.807, 2.05) is 0 Å². The highest BCUT2D eigenvalue weighted by molar-refractivity contribution is 7.92. The molecular weight excluding hydrogens is 471 g/mol. The first-order chi connectivity index (χ1) is 16.2. The van der Waals surface area contributed by atoms with E-state index in [9.17, 15) is 22.4 Å². The summed E-state index contributed by atoms with van der Waals surface area (Å²) in [6.07, 6.45) is 1.45. The van der Waals surface area contributed by atoms with Crippen molar-refractivity contribution in [3.05, 3.63) is 71.9 Å². The molecule has 0 fully saturated rings. The molecule has 10 nitrogen and oxygen atoms in total. The summed E-state index contributed by atoms with van der Waals surface area (Å²) in [7, 11) is -1.85. The number of carbonyl (C=O) groups excluding carboxylic acids is 2. The summed E-state index contributed by atoms with van der Waals surface area (Å²) >= 11 is 0. The van der Waals surface area contributed by atoms with Gasteiger partial charge in [-0.15, -0.1) is 0 Å². The van der Waals surface area contributed by atoms with Crippen molar-refractivity contribution in [3.8, 4) is 11.5 Å². The Morgan fingerprint density at radius 2 is 1.82 bits per heavy atom. The number of hydrogen-bond acceptors (Lipinski definition) is 8. The van der Waals surface area contributed by atoms with Gasteiger partial charge in [-0.25, -0.2) is 17.6 Å². The third kappa shape index (κ3) is 5.84. The van der Waals surface area contributed by atoms with Gasteiger partial charge in [0, 0.05) is 6.07 Å². The number of ether oxygens (including phenoxy) is 3. The van der Waals surface area contributed by atoms with E-state index in [4.69, 9.17) is 18.6 Å². The van der Waals surface area contributed by atoms with Crippen molar-refractivity contribution in [3.63, 3.8) is 0 Å². The van der Waals surface area contributed by atoms with Gasteiger partial charge >= 0.3 is 5.97 Å². The van der Waals surface area contributed by atoms with Crippen molar-refractivity contribution in [1.29, 1.82) is 0 Å².